The van der Waals surface area contributed by atoms with Crippen LogP contribution in [0.15, 0.2) is 42.5 Å². The zero-order valence-electron chi connectivity index (χ0n) is 11.5. The van der Waals surface area contributed by atoms with Gasteiger partial charge in [-0.15, -0.1) is 0 Å². The fraction of sp³-hybridized carbons (Fsp3) is 0.438. The Morgan fingerprint density at radius 2 is 1.95 bits per heavy atom. The quantitative estimate of drug-likeness (QED) is 0.829. The molecule has 0 aliphatic carbocycles. The van der Waals surface area contributed by atoms with Gasteiger partial charge in [0.25, 0.3) is 0 Å². The highest BCUT2D eigenvalue weighted by atomic mass is 16.3. The zero-order valence-corrected chi connectivity index (χ0v) is 11.5. The van der Waals surface area contributed by atoms with E-state index in [-0.39, 0.29) is 17.9 Å². The number of hydrogen-bond donors (Lipinski definition) is 1. The van der Waals surface area contributed by atoms with E-state index in [1.54, 1.807) is 11.8 Å². The van der Waals surface area contributed by atoms with Crippen molar-refractivity contribution in [3.63, 3.8) is 0 Å². The van der Waals surface area contributed by atoms with Crippen molar-refractivity contribution in [3.05, 3.63) is 48.0 Å². The maximum atomic E-state index is 11.8. The van der Waals surface area contributed by atoms with Crippen molar-refractivity contribution < 1.29 is 9.90 Å². The van der Waals surface area contributed by atoms with E-state index in [1.807, 2.05) is 37.3 Å². The van der Waals surface area contributed by atoms with Crippen molar-refractivity contribution in [1.82, 2.24) is 4.90 Å². The molecule has 0 radical (unpaired) electrons. The van der Waals surface area contributed by atoms with Gasteiger partial charge in [-0.3, -0.25) is 4.79 Å². The van der Waals surface area contributed by atoms with Gasteiger partial charge in [0.05, 0.1) is 12.1 Å². The topological polar surface area (TPSA) is 40.5 Å². The molecule has 0 spiro atoms. The molecular formula is C16H21NO2. The Hall–Kier alpha value is -1.61. The van der Waals surface area contributed by atoms with Crippen molar-refractivity contribution in [2.75, 3.05) is 6.54 Å². The van der Waals surface area contributed by atoms with Gasteiger partial charge in [0, 0.05) is 19.4 Å². The molecule has 1 fully saturated rings. The molecule has 1 aliphatic heterocycles. The van der Waals surface area contributed by atoms with Crippen LogP contribution < -0.4 is 0 Å². The smallest absolute Gasteiger partial charge is 0.220 e. The minimum Gasteiger partial charge on any atom is -0.391 e. The minimum absolute atomic E-state index is 0.00747. The molecule has 1 amide bonds. The summed E-state index contributed by atoms with van der Waals surface area (Å²) in [5.41, 5.74) is 2.10. The van der Waals surface area contributed by atoms with Crippen molar-refractivity contribution >= 4 is 5.91 Å². The van der Waals surface area contributed by atoms with Crippen molar-refractivity contribution in [2.24, 2.45) is 5.92 Å². The standard InChI is InChI=1S/C16H21NO2/c1-11(2)14-9-15(13-7-5-4-6-8-13)17(12(3)18)10-16(14)19/h4-8,14-16,19H,1,9-10H2,2-3H3/t14-,15-,16+/m1/s1. The third kappa shape index (κ3) is 2.87. The van der Waals surface area contributed by atoms with Crippen LogP contribution in [0.4, 0.5) is 0 Å². The Morgan fingerprint density at radius 3 is 2.47 bits per heavy atom. The number of amides is 1. The summed E-state index contributed by atoms with van der Waals surface area (Å²) < 4.78 is 0. The number of piperidine rings is 1. The molecule has 0 bridgehead atoms. The average molecular weight is 259 g/mol. The monoisotopic (exact) mass is 259 g/mol. The first-order chi connectivity index (χ1) is 9.00. The van der Waals surface area contributed by atoms with Crippen LogP contribution in [-0.2, 0) is 4.79 Å². The maximum absolute atomic E-state index is 11.8. The number of aliphatic hydroxyl groups is 1. The lowest BCUT2D eigenvalue weighted by Crippen LogP contribution is -2.47. The molecule has 0 unspecified atom stereocenters. The van der Waals surface area contributed by atoms with Crippen LogP contribution in [0.5, 0.6) is 0 Å². The molecule has 1 N–H and O–H groups in total. The highest BCUT2D eigenvalue weighted by Crippen LogP contribution is 2.37. The van der Waals surface area contributed by atoms with Gasteiger partial charge in [-0.2, -0.15) is 0 Å². The van der Waals surface area contributed by atoms with E-state index in [2.05, 4.69) is 6.58 Å². The Morgan fingerprint density at radius 1 is 1.32 bits per heavy atom. The highest BCUT2D eigenvalue weighted by molar-refractivity contribution is 5.74. The van der Waals surface area contributed by atoms with Crippen LogP contribution in [0.3, 0.4) is 0 Å². The van der Waals surface area contributed by atoms with Crippen LogP contribution in [0.1, 0.15) is 31.9 Å². The van der Waals surface area contributed by atoms with E-state index in [0.717, 1.165) is 17.6 Å². The third-order valence-electron chi connectivity index (χ3n) is 3.92. The second-order valence-corrected chi connectivity index (χ2v) is 5.35. The molecular weight excluding hydrogens is 238 g/mol. The van der Waals surface area contributed by atoms with Crippen LogP contribution >= 0.6 is 0 Å². The molecule has 102 valence electrons. The van der Waals surface area contributed by atoms with Gasteiger partial charge in [-0.1, -0.05) is 42.5 Å². The Kier molecular flexibility index (Phi) is 4.05. The molecule has 3 atom stereocenters. The third-order valence-corrected chi connectivity index (χ3v) is 3.92. The maximum Gasteiger partial charge on any atom is 0.220 e. The van der Waals surface area contributed by atoms with E-state index in [9.17, 15) is 9.90 Å². The summed E-state index contributed by atoms with van der Waals surface area (Å²) in [6.07, 6.45) is 0.224. The first kappa shape index (κ1) is 13.8. The molecule has 1 saturated heterocycles. The van der Waals surface area contributed by atoms with E-state index >= 15 is 0 Å². The molecule has 1 heterocycles. The number of rotatable bonds is 2. The summed E-state index contributed by atoms with van der Waals surface area (Å²) in [5, 5.41) is 10.2. The number of carbonyl (C=O) groups is 1. The molecule has 3 heteroatoms. The lowest BCUT2D eigenvalue weighted by atomic mass is 9.81. The summed E-state index contributed by atoms with van der Waals surface area (Å²) in [6.45, 7) is 7.85. The first-order valence-electron chi connectivity index (χ1n) is 6.66. The van der Waals surface area contributed by atoms with E-state index in [0.29, 0.717) is 6.54 Å². The Labute approximate surface area is 114 Å². The van der Waals surface area contributed by atoms with Gasteiger partial charge in [-0.05, 0) is 18.9 Å². The summed E-state index contributed by atoms with van der Waals surface area (Å²) >= 11 is 0. The number of hydrogen-bond acceptors (Lipinski definition) is 2. The second kappa shape index (κ2) is 5.57. The van der Waals surface area contributed by atoms with Crippen molar-refractivity contribution in [1.29, 1.82) is 0 Å². The van der Waals surface area contributed by atoms with Crippen LogP contribution in [0, 0.1) is 5.92 Å². The van der Waals surface area contributed by atoms with Gasteiger partial charge < -0.3 is 10.0 Å². The molecule has 1 aromatic rings. The largest absolute Gasteiger partial charge is 0.391 e. The van der Waals surface area contributed by atoms with Crippen molar-refractivity contribution in [2.45, 2.75) is 32.4 Å². The second-order valence-electron chi connectivity index (χ2n) is 5.35. The lowest BCUT2D eigenvalue weighted by Gasteiger charge is -2.42. The number of benzene rings is 1. The SMILES string of the molecule is C=C(C)[C@H]1C[C@H](c2ccccc2)N(C(C)=O)C[C@@H]1O. The average Bonchev–Trinajstić information content (AvgIpc) is 2.38. The summed E-state index contributed by atoms with van der Waals surface area (Å²) in [6, 6.07) is 10.0. The summed E-state index contributed by atoms with van der Waals surface area (Å²) in [5.74, 6) is 0.0638. The molecule has 1 aromatic carbocycles. The molecule has 1 aliphatic rings. The predicted octanol–water partition coefficient (Wildman–Crippen LogP) is 2.53. The van der Waals surface area contributed by atoms with Gasteiger partial charge >= 0.3 is 0 Å². The zero-order chi connectivity index (χ0) is 14.0. The predicted molar refractivity (Wildman–Crippen MR) is 75.5 cm³/mol. The molecule has 0 aromatic heterocycles. The fourth-order valence-electron chi connectivity index (χ4n) is 2.85. The number of β-amino-alcohol motifs (C(OH)–C–C–N with tert-alkyl or cyclic N) is 1. The number of nitrogens with zero attached hydrogens (tertiary/aromatic N) is 1. The van der Waals surface area contributed by atoms with Crippen molar-refractivity contribution in [3.8, 4) is 0 Å². The van der Waals surface area contributed by atoms with E-state index in [1.165, 1.54) is 0 Å². The molecule has 2 rings (SSSR count). The van der Waals surface area contributed by atoms with Crippen LogP contribution in [0.2, 0.25) is 0 Å². The Bertz CT molecular complexity index is 469. The van der Waals surface area contributed by atoms with Gasteiger partial charge in [0.15, 0.2) is 0 Å². The van der Waals surface area contributed by atoms with E-state index < -0.39 is 6.10 Å². The summed E-state index contributed by atoms with van der Waals surface area (Å²) in [4.78, 5) is 13.6. The van der Waals surface area contributed by atoms with Gasteiger partial charge in [-0.25, -0.2) is 0 Å². The Balaban J connectivity index is 2.31. The minimum atomic E-state index is -0.513. The fourth-order valence-corrected chi connectivity index (χ4v) is 2.85. The van der Waals surface area contributed by atoms with Gasteiger partial charge in [0.2, 0.25) is 5.91 Å². The van der Waals surface area contributed by atoms with Crippen LogP contribution in [-0.4, -0.2) is 28.6 Å². The normalized spacial score (nSPS) is 27.1. The number of carbonyl (C=O) groups excluding carboxylic acids is 1. The van der Waals surface area contributed by atoms with Crippen LogP contribution in [0.25, 0.3) is 0 Å². The first-order valence-corrected chi connectivity index (χ1v) is 6.66. The van der Waals surface area contributed by atoms with E-state index in [4.69, 9.17) is 0 Å². The molecule has 3 nitrogen and oxygen atoms in total. The summed E-state index contributed by atoms with van der Waals surface area (Å²) in [7, 11) is 0. The molecule has 0 saturated carbocycles. The number of aliphatic hydroxyl groups excluding tert-OH is 1. The number of likely N-dealkylation sites (tertiary alicyclic amines) is 1. The lowest BCUT2D eigenvalue weighted by molar-refractivity contribution is -0.137. The molecule has 19 heavy (non-hydrogen) atoms. The highest BCUT2D eigenvalue weighted by Gasteiger charge is 2.36. The van der Waals surface area contributed by atoms with Gasteiger partial charge in [0.1, 0.15) is 0 Å².